The van der Waals surface area contributed by atoms with Crippen molar-refractivity contribution in [1.29, 1.82) is 0 Å². The number of phenols is 1. The third kappa shape index (κ3) is 3.82. The highest BCUT2D eigenvalue weighted by molar-refractivity contribution is 5.93. The lowest BCUT2D eigenvalue weighted by atomic mass is 10.2. The second-order valence-corrected chi connectivity index (χ2v) is 4.29. The van der Waals surface area contributed by atoms with Crippen LogP contribution in [0.2, 0.25) is 0 Å². The molecule has 3 N–H and O–H groups in total. The van der Waals surface area contributed by atoms with Crippen LogP contribution in [0.3, 0.4) is 0 Å². The molecule has 0 aliphatic rings. The molecule has 7 heteroatoms. The van der Waals surface area contributed by atoms with E-state index in [1.807, 2.05) is 6.92 Å². The third-order valence-electron chi connectivity index (χ3n) is 2.62. The van der Waals surface area contributed by atoms with Crippen molar-refractivity contribution in [2.24, 2.45) is 5.10 Å². The number of nitrogens with one attached hydrogen (secondary N) is 2. The Bertz CT molecular complexity index is 664. The zero-order valence-electron chi connectivity index (χ0n) is 11.8. The molecule has 0 aliphatic carbocycles. The Kier molecular flexibility index (Phi) is 4.55. The number of aromatic amines is 1. The van der Waals surface area contributed by atoms with Gasteiger partial charge in [-0.15, -0.1) is 0 Å². The summed E-state index contributed by atoms with van der Waals surface area (Å²) in [7, 11) is 0. The largest absolute Gasteiger partial charge is 0.507 e. The van der Waals surface area contributed by atoms with Gasteiger partial charge in [0.15, 0.2) is 5.69 Å². The van der Waals surface area contributed by atoms with E-state index < -0.39 is 5.91 Å². The maximum Gasteiger partial charge on any atom is 0.291 e. The molecule has 0 bridgehead atoms. The molecule has 0 radical (unpaired) electrons. The molecule has 0 unspecified atom stereocenters. The number of rotatable bonds is 5. The van der Waals surface area contributed by atoms with Crippen LogP contribution in [0.4, 0.5) is 0 Å². The molecule has 7 nitrogen and oxygen atoms in total. The van der Waals surface area contributed by atoms with Crippen molar-refractivity contribution < 1.29 is 14.6 Å². The van der Waals surface area contributed by atoms with Gasteiger partial charge in [0.1, 0.15) is 11.5 Å². The summed E-state index contributed by atoms with van der Waals surface area (Å²) in [5, 5.41) is 20.1. The van der Waals surface area contributed by atoms with Gasteiger partial charge >= 0.3 is 0 Å². The summed E-state index contributed by atoms with van der Waals surface area (Å²) in [6, 6.07) is 6.46. The monoisotopic (exact) mass is 288 g/mol. The van der Waals surface area contributed by atoms with Gasteiger partial charge in [0.05, 0.1) is 12.8 Å². The number of aryl methyl sites for hydroxylation is 1. The lowest BCUT2D eigenvalue weighted by Gasteiger charge is -2.04. The molecule has 1 heterocycles. The van der Waals surface area contributed by atoms with E-state index in [-0.39, 0.29) is 11.4 Å². The molecular weight excluding hydrogens is 272 g/mol. The van der Waals surface area contributed by atoms with Gasteiger partial charge in [-0.1, -0.05) is 0 Å². The van der Waals surface area contributed by atoms with E-state index in [9.17, 15) is 9.90 Å². The van der Waals surface area contributed by atoms with Gasteiger partial charge in [-0.3, -0.25) is 9.89 Å². The average Bonchev–Trinajstić information content (AvgIpc) is 2.88. The third-order valence-corrected chi connectivity index (χ3v) is 2.62. The number of aromatic nitrogens is 2. The highest BCUT2D eigenvalue weighted by Gasteiger charge is 2.07. The van der Waals surface area contributed by atoms with Gasteiger partial charge < -0.3 is 9.84 Å². The number of amides is 1. The molecule has 110 valence electrons. The predicted octanol–water partition coefficient (Wildman–Crippen LogP) is 1.59. The number of H-pyrrole nitrogens is 1. The first-order valence-corrected chi connectivity index (χ1v) is 6.41. The Labute approximate surface area is 121 Å². The van der Waals surface area contributed by atoms with Crippen LogP contribution >= 0.6 is 0 Å². The van der Waals surface area contributed by atoms with Crippen LogP contribution in [0.25, 0.3) is 0 Å². The summed E-state index contributed by atoms with van der Waals surface area (Å²) in [6.45, 7) is 4.18. The van der Waals surface area contributed by atoms with E-state index in [0.29, 0.717) is 17.9 Å². The average molecular weight is 288 g/mol. The Morgan fingerprint density at radius 2 is 2.33 bits per heavy atom. The van der Waals surface area contributed by atoms with E-state index in [0.717, 1.165) is 5.69 Å². The molecule has 0 aliphatic heterocycles. The van der Waals surface area contributed by atoms with Gasteiger partial charge in [0.2, 0.25) is 0 Å². The van der Waals surface area contributed by atoms with Crippen molar-refractivity contribution in [2.75, 3.05) is 6.61 Å². The highest BCUT2D eigenvalue weighted by atomic mass is 16.5. The van der Waals surface area contributed by atoms with E-state index in [2.05, 4.69) is 20.7 Å². The summed E-state index contributed by atoms with van der Waals surface area (Å²) in [5.74, 6) is 0.166. The van der Waals surface area contributed by atoms with Gasteiger partial charge in [0.25, 0.3) is 5.91 Å². The van der Waals surface area contributed by atoms with Crippen molar-refractivity contribution in [3.8, 4) is 11.5 Å². The van der Waals surface area contributed by atoms with Gasteiger partial charge in [-0.05, 0) is 32.0 Å². The van der Waals surface area contributed by atoms with Crippen LogP contribution in [0, 0.1) is 6.92 Å². The minimum absolute atomic E-state index is 0.0227. The first-order valence-electron chi connectivity index (χ1n) is 6.41. The number of hydrogen-bond acceptors (Lipinski definition) is 5. The maximum atomic E-state index is 11.7. The molecular formula is C14H16N4O3. The molecule has 1 amide bonds. The van der Waals surface area contributed by atoms with Gasteiger partial charge in [-0.2, -0.15) is 10.2 Å². The SMILES string of the molecule is CCOc1ccc(/C=N/NC(=O)c2cc(C)[nH]n2)c(O)c1. The number of ether oxygens (including phenoxy) is 1. The molecule has 1 aromatic heterocycles. The van der Waals surface area contributed by atoms with Crippen molar-refractivity contribution in [3.05, 3.63) is 41.2 Å². The number of benzene rings is 1. The summed E-state index contributed by atoms with van der Waals surface area (Å²) in [6.07, 6.45) is 1.35. The lowest BCUT2D eigenvalue weighted by molar-refractivity contribution is 0.0950. The summed E-state index contributed by atoms with van der Waals surface area (Å²) >= 11 is 0. The quantitative estimate of drug-likeness (QED) is 0.574. The number of carbonyl (C=O) groups excluding carboxylic acids is 1. The fourth-order valence-corrected chi connectivity index (χ4v) is 1.64. The van der Waals surface area contributed by atoms with Crippen LogP contribution in [-0.2, 0) is 0 Å². The van der Waals surface area contributed by atoms with Crippen LogP contribution in [0.1, 0.15) is 28.7 Å². The normalized spacial score (nSPS) is 10.8. The van der Waals surface area contributed by atoms with Crippen molar-refractivity contribution in [1.82, 2.24) is 15.6 Å². The summed E-state index contributed by atoms with van der Waals surface area (Å²) < 4.78 is 5.26. The molecule has 0 saturated carbocycles. The molecule has 21 heavy (non-hydrogen) atoms. The van der Waals surface area contributed by atoms with Crippen molar-refractivity contribution in [3.63, 3.8) is 0 Å². The highest BCUT2D eigenvalue weighted by Crippen LogP contribution is 2.22. The molecule has 2 aromatic rings. The zero-order chi connectivity index (χ0) is 15.2. The first kappa shape index (κ1) is 14.6. The Balaban J connectivity index is 1.99. The van der Waals surface area contributed by atoms with E-state index in [1.165, 1.54) is 12.3 Å². The molecule has 2 rings (SSSR count). The van der Waals surface area contributed by atoms with E-state index >= 15 is 0 Å². The second-order valence-electron chi connectivity index (χ2n) is 4.29. The van der Waals surface area contributed by atoms with Crippen molar-refractivity contribution >= 4 is 12.1 Å². The minimum Gasteiger partial charge on any atom is -0.507 e. The maximum absolute atomic E-state index is 11.7. The number of hydrogen-bond donors (Lipinski definition) is 3. The molecule has 0 saturated heterocycles. The lowest BCUT2D eigenvalue weighted by Crippen LogP contribution is -2.18. The second kappa shape index (κ2) is 6.56. The Morgan fingerprint density at radius 1 is 1.52 bits per heavy atom. The van der Waals surface area contributed by atoms with Crippen LogP contribution in [0.15, 0.2) is 29.4 Å². The fourth-order valence-electron chi connectivity index (χ4n) is 1.64. The van der Waals surface area contributed by atoms with Crippen LogP contribution in [-0.4, -0.2) is 34.0 Å². The minimum atomic E-state index is -0.430. The first-order chi connectivity index (χ1) is 10.1. The number of nitrogens with zero attached hydrogens (tertiary/aromatic N) is 2. The Morgan fingerprint density at radius 3 is 2.95 bits per heavy atom. The fraction of sp³-hybridized carbons (Fsp3) is 0.214. The van der Waals surface area contributed by atoms with Gasteiger partial charge in [0, 0.05) is 17.3 Å². The zero-order valence-corrected chi connectivity index (χ0v) is 11.8. The van der Waals surface area contributed by atoms with Crippen LogP contribution < -0.4 is 10.2 Å². The molecule has 0 fully saturated rings. The predicted molar refractivity (Wildman–Crippen MR) is 77.7 cm³/mol. The molecule has 0 spiro atoms. The Hall–Kier alpha value is -2.83. The number of carbonyl (C=O) groups is 1. The van der Waals surface area contributed by atoms with Gasteiger partial charge in [-0.25, -0.2) is 5.43 Å². The van der Waals surface area contributed by atoms with Crippen molar-refractivity contribution in [2.45, 2.75) is 13.8 Å². The van der Waals surface area contributed by atoms with E-state index in [4.69, 9.17) is 4.74 Å². The standard InChI is InChI=1S/C14H16N4O3/c1-3-21-11-5-4-10(13(19)7-11)8-15-18-14(20)12-6-9(2)16-17-12/h4-8,19H,3H2,1-2H3,(H,16,17)(H,18,20)/b15-8+. The molecule has 1 aromatic carbocycles. The van der Waals surface area contributed by atoms with Crippen LogP contribution in [0.5, 0.6) is 11.5 Å². The number of hydrazone groups is 1. The van der Waals surface area contributed by atoms with E-state index in [1.54, 1.807) is 25.1 Å². The summed E-state index contributed by atoms with van der Waals surface area (Å²) in [4.78, 5) is 11.7. The smallest absolute Gasteiger partial charge is 0.291 e. The number of phenolic OH excluding ortho intramolecular Hbond substituents is 1. The summed E-state index contributed by atoms with van der Waals surface area (Å²) in [5.41, 5.74) is 3.84. The number of aromatic hydroxyl groups is 1. The topological polar surface area (TPSA) is 99.6 Å². The molecule has 0 atom stereocenters.